The molecule has 0 aliphatic carbocycles. The summed E-state index contributed by atoms with van der Waals surface area (Å²) >= 11 is 0. The van der Waals surface area contributed by atoms with Crippen molar-refractivity contribution < 1.29 is 23.7 Å². The third-order valence-electron chi connectivity index (χ3n) is 4.94. The number of hydrogen-bond acceptors (Lipinski definition) is 6. The number of hydrogen-bond donors (Lipinski definition) is 1. The van der Waals surface area contributed by atoms with Crippen molar-refractivity contribution in [2.45, 2.75) is 19.4 Å². The molecule has 0 heterocycles. The Morgan fingerprint density at radius 2 is 1.36 bits per heavy atom. The van der Waals surface area contributed by atoms with Crippen LogP contribution in [0.15, 0.2) is 78.9 Å². The second kappa shape index (κ2) is 13.8. The second-order valence-electron chi connectivity index (χ2n) is 7.46. The molecule has 0 fully saturated rings. The molecule has 1 N–H and O–H groups in total. The van der Waals surface area contributed by atoms with Crippen LogP contribution in [0.2, 0.25) is 0 Å². The van der Waals surface area contributed by atoms with Crippen molar-refractivity contribution in [1.82, 2.24) is 5.32 Å². The molecule has 0 radical (unpaired) electrons. The van der Waals surface area contributed by atoms with E-state index in [1.807, 2.05) is 78.9 Å². The highest BCUT2D eigenvalue weighted by atomic mass is 16.6. The van der Waals surface area contributed by atoms with Gasteiger partial charge in [0.2, 0.25) is 0 Å². The highest BCUT2D eigenvalue weighted by Gasteiger charge is 2.02. The summed E-state index contributed by atoms with van der Waals surface area (Å²) in [6, 6.07) is 25.6. The molecule has 0 spiro atoms. The maximum atomic E-state index is 11.1. The van der Waals surface area contributed by atoms with Crippen molar-refractivity contribution in [2.24, 2.45) is 0 Å². The number of nitrogens with one attached hydrogen (secondary N) is 1. The minimum absolute atomic E-state index is 0.0777. The molecule has 6 nitrogen and oxygen atoms in total. The Bertz CT molecular complexity index is 943. The van der Waals surface area contributed by atoms with Crippen LogP contribution < -0.4 is 19.5 Å². The zero-order valence-corrected chi connectivity index (χ0v) is 19.0. The molecule has 6 heteroatoms. The molecule has 0 unspecified atom stereocenters. The lowest BCUT2D eigenvalue weighted by Gasteiger charge is -2.10. The van der Waals surface area contributed by atoms with Crippen LogP contribution in [0.25, 0.3) is 0 Å². The molecule has 0 atom stereocenters. The number of rotatable bonds is 14. The van der Waals surface area contributed by atoms with Gasteiger partial charge in [0.1, 0.15) is 23.9 Å². The van der Waals surface area contributed by atoms with Gasteiger partial charge in [-0.15, -0.1) is 0 Å². The molecule has 3 aromatic carbocycles. The van der Waals surface area contributed by atoms with E-state index in [4.69, 9.17) is 14.2 Å². The number of benzene rings is 3. The van der Waals surface area contributed by atoms with Gasteiger partial charge in [-0.25, -0.2) is 4.79 Å². The van der Waals surface area contributed by atoms with Crippen molar-refractivity contribution in [1.29, 1.82) is 0 Å². The van der Waals surface area contributed by atoms with Crippen LogP contribution in [0.1, 0.15) is 17.5 Å². The van der Waals surface area contributed by atoms with Crippen molar-refractivity contribution in [3.8, 4) is 17.2 Å². The predicted molar refractivity (Wildman–Crippen MR) is 128 cm³/mol. The summed E-state index contributed by atoms with van der Waals surface area (Å²) in [5, 5.41) is 3.43. The molecule has 0 bridgehead atoms. The molecule has 0 aliphatic heterocycles. The number of methoxy groups -OCH3 is 1. The maximum Gasteiger partial charge on any atom is 0.343 e. The molecular weight excluding hydrogens is 418 g/mol. The van der Waals surface area contributed by atoms with Crippen molar-refractivity contribution >= 4 is 5.97 Å². The van der Waals surface area contributed by atoms with Gasteiger partial charge in [0, 0.05) is 0 Å². The van der Waals surface area contributed by atoms with E-state index in [1.54, 1.807) is 0 Å². The minimum Gasteiger partial charge on any atom is -0.494 e. The summed E-state index contributed by atoms with van der Waals surface area (Å²) in [5.74, 6) is 1.94. The van der Waals surface area contributed by atoms with E-state index in [-0.39, 0.29) is 6.61 Å². The molecule has 0 aromatic heterocycles. The SMILES string of the molecule is COC(=O)COc1ccc(CCNCCCOc2ccc(OCc3ccccc3)cc2)cc1. The fourth-order valence-electron chi connectivity index (χ4n) is 3.07. The largest absolute Gasteiger partial charge is 0.494 e. The lowest BCUT2D eigenvalue weighted by Crippen LogP contribution is -2.20. The van der Waals surface area contributed by atoms with E-state index in [0.29, 0.717) is 19.0 Å². The van der Waals surface area contributed by atoms with E-state index in [0.717, 1.165) is 43.0 Å². The van der Waals surface area contributed by atoms with Crippen molar-refractivity contribution in [3.63, 3.8) is 0 Å². The molecule has 3 rings (SSSR count). The van der Waals surface area contributed by atoms with Crippen LogP contribution in [0.4, 0.5) is 0 Å². The second-order valence-corrected chi connectivity index (χ2v) is 7.46. The normalized spacial score (nSPS) is 10.5. The van der Waals surface area contributed by atoms with Gasteiger partial charge in [-0.2, -0.15) is 0 Å². The van der Waals surface area contributed by atoms with Crippen LogP contribution in [-0.4, -0.2) is 39.4 Å². The van der Waals surface area contributed by atoms with Gasteiger partial charge in [0.15, 0.2) is 6.61 Å². The molecule has 3 aromatic rings. The Morgan fingerprint density at radius 1 is 0.727 bits per heavy atom. The first-order chi connectivity index (χ1) is 16.2. The Kier molecular flexibility index (Phi) is 10.1. The van der Waals surface area contributed by atoms with Crippen LogP contribution in [-0.2, 0) is 22.6 Å². The summed E-state index contributed by atoms with van der Waals surface area (Å²) < 4.78 is 21.5. The minimum atomic E-state index is -0.392. The van der Waals surface area contributed by atoms with Gasteiger partial charge in [-0.1, -0.05) is 42.5 Å². The summed E-state index contributed by atoms with van der Waals surface area (Å²) in [6.45, 7) is 2.91. The first-order valence-electron chi connectivity index (χ1n) is 11.1. The van der Waals surface area contributed by atoms with E-state index < -0.39 is 5.97 Å². The molecule has 0 saturated carbocycles. The number of carbonyl (C=O) groups is 1. The van der Waals surface area contributed by atoms with Crippen LogP contribution in [0, 0.1) is 0 Å². The topological polar surface area (TPSA) is 66.0 Å². The molecule has 0 aliphatic rings. The van der Waals surface area contributed by atoms with Crippen LogP contribution >= 0.6 is 0 Å². The first-order valence-corrected chi connectivity index (χ1v) is 11.1. The molecule has 0 saturated heterocycles. The molecule has 33 heavy (non-hydrogen) atoms. The highest BCUT2D eigenvalue weighted by molar-refractivity contribution is 5.70. The van der Waals surface area contributed by atoms with E-state index in [1.165, 1.54) is 12.7 Å². The summed E-state index contributed by atoms with van der Waals surface area (Å²) in [7, 11) is 1.34. The van der Waals surface area contributed by atoms with Crippen LogP contribution in [0.5, 0.6) is 17.2 Å². The van der Waals surface area contributed by atoms with E-state index in [9.17, 15) is 4.79 Å². The van der Waals surface area contributed by atoms with Gasteiger partial charge in [0.25, 0.3) is 0 Å². The highest BCUT2D eigenvalue weighted by Crippen LogP contribution is 2.19. The monoisotopic (exact) mass is 449 g/mol. The lowest BCUT2D eigenvalue weighted by molar-refractivity contribution is -0.142. The van der Waals surface area contributed by atoms with Gasteiger partial charge in [-0.3, -0.25) is 0 Å². The Morgan fingerprint density at radius 3 is 2.06 bits per heavy atom. The van der Waals surface area contributed by atoms with Gasteiger partial charge in [0.05, 0.1) is 13.7 Å². The molecule has 0 amide bonds. The van der Waals surface area contributed by atoms with E-state index in [2.05, 4.69) is 10.1 Å². The number of carbonyl (C=O) groups excluding carboxylic acids is 1. The average molecular weight is 450 g/mol. The van der Waals surface area contributed by atoms with E-state index >= 15 is 0 Å². The van der Waals surface area contributed by atoms with Crippen molar-refractivity contribution in [2.75, 3.05) is 33.4 Å². The lowest BCUT2D eigenvalue weighted by atomic mass is 10.1. The summed E-state index contributed by atoms with van der Waals surface area (Å²) in [4.78, 5) is 11.1. The summed E-state index contributed by atoms with van der Waals surface area (Å²) in [5.41, 5.74) is 2.35. The smallest absolute Gasteiger partial charge is 0.343 e. The van der Waals surface area contributed by atoms with Gasteiger partial charge in [-0.05, 0) is 73.5 Å². The first kappa shape index (κ1) is 24.1. The third-order valence-corrected chi connectivity index (χ3v) is 4.94. The molecular formula is C27H31NO5. The zero-order valence-electron chi connectivity index (χ0n) is 19.0. The fourth-order valence-corrected chi connectivity index (χ4v) is 3.07. The Hall–Kier alpha value is -3.51. The van der Waals surface area contributed by atoms with Crippen molar-refractivity contribution in [3.05, 3.63) is 90.0 Å². The van der Waals surface area contributed by atoms with Crippen LogP contribution in [0.3, 0.4) is 0 Å². The third kappa shape index (κ3) is 9.25. The zero-order chi connectivity index (χ0) is 23.1. The quantitative estimate of drug-likeness (QED) is 0.290. The Balaban J connectivity index is 1.23. The Labute approximate surface area is 195 Å². The standard InChI is InChI=1S/C27H31NO5/c1-30-27(29)21-33-25-10-8-22(9-11-25)16-18-28-17-5-19-31-24-12-14-26(15-13-24)32-20-23-6-3-2-4-7-23/h2-4,6-15,28H,5,16-21H2,1H3. The van der Waals surface area contributed by atoms with Gasteiger partial charge < -0.3 is 24.3 Å². The average Bonchev–Trinajstić information content (AvgIpc) is 2.87. The summed E-state index contributed by atoms with van der Waals surface area (Å²) in [6.07, 6.45) is 1.84. The fraction of sp³-hybridized carbons (Fsp3) is 0.296. The number of ether oxygens (including phenoxy) is 4. The van der Waals surface area contributed by atoms with Gasteiger partial charge >= 0.3 is 5.97 Å². The predicted octanol–water partition coefficient (Wildman–Crippen LogP) is 4.42. The number of esters is 1. The maximum absolute atomic E-state index is 11.1. The molecule has 174 valence electrons.